The van der Waals surface area contributed by atoms with Gasteiger partial charge >= 0.3 is 5.69 Å². The number of benzene rings is 1. The number of carbonyl (C=O) groups is 1. The van der Waals surface area contributed by atoms with Crippen molar-refractivity contribution in [2.24, 2.45) is 0 Å². The van der Waals surface area contributed by atoms with Crippen LogP contribution in [0, 0.1) is 0 Å². The third-order valence-electron chi connectivity index (χ3n) is 4.83. The molecule has 0 spiro atoms. The molecule has 0 unspecified atom stereocenters. The first-order chi connectivity index (χ1) is 14.1. The number of rotatable bonds is 8. The third-order valence-corrected chi connectivity index (χ3v) is 7.00. The lowest BCUT2D eigenvalue weighted by Gasteiger charge is -2.23. The molecule has 30 heavy (non-hydrogen) atoms. The summed E-state index contributed by atoms with van der Waals surface area (Å²) in [5, 5.41) is -0.589. The number of carbonyl (C=O) groups excluding carboxylic acids is 1. The molecule has 0 saturated carbocycles. The number of hydrogen-bond donors (Lipinski definition) is 2. The number of aromatic amines is 1. The third kappa shape index (κ3) is 4.48. The number of H-pyrrole nitrogens is 1. The fourth-order valence-corrected chi connectivity index (χ4v) is 4.05. The average molecular weight is 437 g/mol. The largest absolute Gasteiger partial charge is 0.383 e. The van der Waals surface area contributed by atoms with Crippen molar-refractivity contribution in [3.63, 3.8) is 0 Å². The Hall–Kier alpha value is -2.88. The van der Waals surface area contributed by atoms with Crippen molar-refractivity contribution in [2.75, 3.05) is 17.2 Å². The Kier molecular flexibility index (Phi) is 7.25. The Bertz CT molecular complexity index is 1130. The molecule has 0 bridgehead atoms. The van der Waals surface area contributed by atoms with Gasteiger partial charge < -0.3 is 10.6 Å². The van der Waals surface area contributed by atoms with Crippen LogP contribution in [-0.2, 0) is 16.4 Å². The maximum atomic E-state index is 13.1. The number of sulfone groups is 1. The van der Waals surface area contributed by atoms with Gasteiger partial charge in [0.1, 0.15) is 5.82 Å². The summed E-state index contributed by atoms with van der Waals surface area (Å²) in [5.74, 6) is -0.602. The molecule has 1 amide bonds. The fourth-order valence-electron chi connectivity index (χ4n) is 2.99. The summed E-state index contributed by atoms with van der Waals surface area (Å²) in [6.07, 6.45) is 1.50. The Morgan fingerprint density at radius 1 is 1.17 bits per heavy atom. The average Bonchev–Trinajstić information content (AvgIpc) is 2.70. The van der Waals surface area contributed by atoms with E-state index in [-0.39, 0.29) is 28.5 Å². The number of nitrogens with two attached hydrogens (primary N) is 1. The highest BCUT2D eigenvalue weighted by Gasteiger charge is 2.25. The summed E-state index contributed by atoms with van der Waals surface area (Å²) in [4.78, 5) is 41.2. The first-order valence-corrected chi connectivity index (χ1v) is 11.4. The van der Waals surface area contributed by atoms with Gasteiger partial charge in [-0.3, -0.25) is 19.1 Å². The Labute approximate surface area is 175 Å². The van der Waals surface area contributed by atoms with Crippen molar-refractivity contribution in [3.05, 3.63) is 50.7 Å². The van der Waals surface area contributed by atoms with Gasteiger partial charge in [0.05, 0.1) is 10.1 Å². The van der Waals surface area contributed by atoms with E-state index in [1.807, 2.05) is 6.92 Å². The number of aromatic nitrogens is 2. The van der Waals surface area contributed by atoms with Crippen LogP contribution in [0.4, 0.5) is 11.5 Å². The second-order valence-corrected chi connectivity index (χ2v) is 9.67. The quantitative estimate of drug-likeness (QED) is 0.647. The van der Waals surface area contributed by atoms with E-state index in [2.05, 4.69) is 4.98 Å². The molecule has 0 atom stereocenters. The lowest BCUT2D eigenvalue weighted by Crippen LogP contribution is -2.41. The zero-order chi connectivity index (χ0) is 22.6. The molecule has 1 aromatic heterocycles. The van der Waals surface area contributed by atoms with Gasteiger partial charge in [-0.15, -0.1) is 0 Å². The van der Waals surface area contributed by atoms with Gasteiger partial charge in [-0.25, -0.2) is 13.2 Å². The number of hydrogen-bond acceptors (Lipinski definition) is 6. The van der Waals surface area contributed by atoms with Crippen LogP contribution in [0.15, 0.2) is 38.8 Å². The summed E-state index contributed by atoms with van der Waals surface area (Å²) in [6, 6.07) is 5.54. The minimum Gasteiger partial charge on any atom is -0.383 e. The van der Waals surface area contributed by atoms with E-state index in [0.717, 1.165) is 6.42 Å². The van der Waals surface area contributed by atoms with Gasteiger partial charge in [-0.05, 0) is 51.5 Å². The minimum atomic E-state index is -3.47. The molecule has 0 fully saturated rings. The highest BCUT2D eigenvalue weighted by molar-refractivity contribution is 7.92. The van der Waals surface area contributed by atoms with Crippen LogP contribution in [0.1, 0.15) is 50.9 Å². The standard InChI is InChI=1S/C20H28N4O5S/c1-5-7-12-24-17(21)16(18(25)22-20(24)27)23(6-2)19(26)14-8-10-15(11-9-14)30(28,29)13(3)4/h8-11,13H,5-7,12,21H2,1-4H3,(H,22,25,27). The molecule has 1 aromatic carbocycles. The minimum absolute atomic E-state index is 0.0774. The van der Waals surface area contributed by atoms with Crippen LogP contribution in [0.3, 0.4) is 0 Å². The zero-order valence-corrected chi connectivity index (χ0v) is 18.5. The van der Waals surface area contributed by atoms with E-state index in [4.69, 9.17) is 5.73 Å². The number of nitrogens with one attached hydrogen (secondary N) is 1. The highest BCUT2D eigenvalue weighted by atomic mass is 32.2. The topological polar surface area (TPSA) is 135 Å². The molecule has 0 aliphatic carbocycles. The Morgan fingerprint density at radius 2 is 1.77 bits per heavy atom. The van der Waals surface area contributed by atoms with E-state index in [0.29, 0.717) is 13.0 Å². The van der Waals surface area contributed by atoms with Crippen molar-refractivity contribution in [1.82, 2.24) is 9.55 Å². The molecule has 0 aliphatic heterocycles. The molecule has 9 nitrogen and oxygen atoms in total. The monoisotopic (exact) mass is 436 g/mol. The van der Waals surface area contributed by atoms with E-state index in [1.54, 1.807) is 20.8 Å². The van der Waals surface area contributed by atoms with E-state index < -0.39 is 32.2 Å². The molecule has 3 N–H and O–H groups in total. The molecule has 0 aliphatic rings. The van der Waals surface area contributed by atoms with Crippen LogP contribution in [0.2, 0.25) is 0 Å². The molecule has 2 rings (SSSR count). The maximum Gasteiger partial charge on any atom is 0.330 e. The van der Waals surface area contributed by atoms with E-state index in [9.17, 15) is 22.8 Å². The predicted octanol–water partition coefficient (Wildman–Crippen LogP) is 1.77. The normalized spacial score (nSPS) is 11.6. The van der Waals surface area contributed by atoms with Gasteiger partial charge in [0.25, 0.3) is 11.5 Å². The molecule has 1 heterocycles. The summed E-state index contributed by atoms with van der Waals surface area (Å²) in [5.41, 5.74) is 4.83. The lowest BCUT2D eigenvalue weighted by molar-refractivity contribution is 0.0988. The van der Waals surface area contributed by atoms with Crippen LogP contribution < -0.4 is 21.9 Å². The molecule has 0 saturated heterocycles. The smallest absolute Gasteiger partial charge is 0.330 e. The molecular formula is C20H28N4O5S. The number of nitrogen functional groups attached to an aromatic ring is 1. The fraction of sp³-hybridized carbons (Fsp3) is 0.450. The number of amides is 1. The summed E-state index contributed by atoms with van der Waals surface area (Å²) in [6.45, 7) is 7.24. The lowest BCUT2D eigenvalue weighted by atomic mass is 10.2. The van der Waals surface area contributed by atoms with Crippen LogP contribution in [0.25, 0.3) is 0 Å². The predicted molar refractivity (Wildman–Crippen MR) is 117 cm³/mol. The first kappa shape index (κ1) is 23.4. The summed E-state index contributed by atoms with van der Waals surface area (Å²) in [7, 11) is -3.47. The summed E-state index contributed by atoms with van der Waals surface area (Å²) < 4.78 is 25.8. The molecular weight excluding hydrogens is 408 g/mol. The number of unbranched alkanes of at least 4 members (excludes halogenated alkanes) is 1. The van der Waals surface area contributed by atoms with Crippen molar-refractivity contribution in [2.45, 2.75) is 57.2 Å². The van der Waals surface area contributed by atoms with Gasteiger partial charge in [0.2, 0.25) is 0 Å². The van der Waals surface area contributed by atoms with Crippen LogP contribution in [-0.4, -0.2) is 35.7 Å². The van der Waals surface area contributed by atoms with Crippen molar-refractivity contribution < 1.29 is 13.2 Å². The first-order valence-electron chi connectivity index (χ1n) is 9.84. The second-order valence-electron chi connectivity index (χ2n) is 7.17. The molecule has 164 valence electrons. The van der Waals surface area contributed by atoms with Crippen molar-refractivity contribution in [1.29, 1.82) is 0 Å². The van der Waals surface area contributed by atoms with Crippen molar-refractivity contribution >= 4 is 27.2 Å². The highest BCUT2D eigenvalue weighted by Crippen LogP contribution is 2.21. The van der Waals surface area contributed by atoms with Gasteiger partial charge in [-0.2, -0.15) is 0 Å². The van der Waals surface area contributed by atoms with Crippen LogP contribution in [0.5, 0.6) is 0 Å². The second kappa shape index (κ2) is 9.29. The molecule has 2 aromatic rings. The van der Waals surface area contributed by atoms with Crippen molar-refractivity contribution in [3.8, 4) is 0 Å². The maximum absolute atomic E-state index is 13.1. The SMILES string of the molecule is CCCCn1c(N)c(N(CC)C(=O)c2ccc(S(=O)(=O)C(C)C)cc2)c(=O)[nH]c1=O. The van der Waals surface area contributed by atoms with E-state index >= 15 is 0 Å². The number of nitrogens with zero attached hydrogens (tertiary/aromatic N) is 2. The molecule has 0 radical (unpaired) electrons. The van der Waals surface area contributed by atoms with E-state index in [1.165, 1.54) is 33.7 Å². The Balaban J connectivity index is 2.49. The van der Waals surface area contributed by atoms with Crippen LogP contribution >= 0.6 is 0 Å². The molecule has 10 heteroatoms. The van der Waals surface area contributed by atoms with Gasteiger partial charge in [0, 0.05) is 18.7 Å². The Morgan fingerprint density at radius 3 is 2.27 bits per heavy atom. The summed E-state index contributed by atoms with van der Waals surface area (Å²) >= 11 is 0. The number of anilines is 2. The van der Waals surface area contributed by atoms with Gasteiger partial charge in [0.15, 0.2) is 15.5 Å². The van der Waals surface area contributed by atoms with Gasteiger partial charge in [-0.1, -0.05) is 13.3 Å². The zero-order valence-electron chi connectivity index (χ0n) is 17.6.